The molecular weight excluding hydrogens is 307 g/mol. The van der Waals surface area contributed by atoms with Gasteiger partial charge in [0.1, 0.15) is 12.0 Å². The van der Waals surface area contributed by atoms with Gasteiger partial charge >= 0.3 is 12.1 Å². The molecule has 0 fully saturated rings. The van der Waals surface area contributed by atoms with Gasteiger partial charge in [-0.25, -0.2) is 9.78 Å². The van der Waals surface area contributed by atoms with Gasteiger partial charge in [0.15, 0.2) is 0 Å². The van der Waals surface area contributed by atoms with Gasteiger partial charge in [-0.15, -0.1) is 0 Å². The lowest BCUT2D eigenvalue weighted by Gasteiger charge is -2.07. The molecule has 0 aliphatic carbocycles. The molecular formula is C12H14F3N3O4. The largest absolute Gasteiger partial charge is 0.490 e. The molecule has 1 aromatic heterocycles. The van der Waals surface area contributed by atoms with Crippen molar-refractivity contribution >= 4 is 17.5 Å². The first-order chi connectivity index (χ1) is 10.3. The quantitative estimate of drug-likeness (QED) is 0.342. The Morgan fingerprint density at radius 1 is 1.32 bits per heavy atom. The average molecular weight is 321 g/mol. The highest BCUT2D eigenvalue weighted by Crippen LogP contribution is 2.16. The molecule has 1 N–H and O–H groups in total. The van der Waals surface area contributed by atoms with E-state index < -0.39 is 17.1 Å². The molecule has 0 aliphatic heterocycles. The average Bonchev–Trinajstić information content (AvgIpc) is 2.45. The van der Waals surface area contributed by atoms with Gasteiger partial charge in [-0.1, -0.05) is 0 Å². The number of halogens is 3. The van der Waals surface area contributed by atoms with Gasteiger partial charge in [-0.05, 0) is 25.3 Å². The minimum Gasteiger partial charge on any atom is -0.459 e. The van der Waals surface area contributed by atoms with Crippen LogP contribution in [-0.2, 0) is 9.53 Å². The van der Waals surface area contributed by atoms with Gasteiger partial charge in [0.25, 0.3) is 5.69 Å². The van der Waals surface area contributed by atoms with Crippen LogP contribution in [0.25, 0.3) is 0 Å². The lowest BCUT2D eigenvalue weighted by atomic mass is 10.2. The third-order valence-electron chi connectivity index (χ3n) is 2.55. The summed E-state index contributed by atoms with van der Waals surface area (Å²) in [6.45, 7) is 0.214. The molecule has 0 amide bonds. The molecule has 1 aromatic rings. The van der Waals surface area contributed by atoms with Gasteiger partial charge in [-0.2, -0.15) is 13.2 Å². The number of nitrogens with one attached hydrogen (secondary N) is 1. The summed E-state index contributed by atoms with van der Waals surface area (Å²) in [4.78, 5) is 24.1. The number of carbonyl (C=O) groups excluding carboxylic acids is 1. The van der Waals surface area contributed by atoms with Crippen molar-refractivity contribution in [3.8, 4) is 0 Å². The van der Waals surface area contributed by atoms with Crippen molar-refractivity contribution in [1.29, 1.82) is 0 Å². The summed E-state index contributed by atoms with van der Waals surface area (Å²) in [5.41, 5.74) is -0.114. The number of alkyl halides is 3. The number of nitro groups is 1. The maximum absolute atomic E-state index is 11.8. The first-order valence-electron chi connectivity index (χ1n) is 6.39. The van der Waals surface area contributed by atoms with E-state index in [-0.39, 0.29) is 12.3 Å². The van der Waals surface area contributed by atoms with Crippen molar-refractivity contribution < 1.29 is 27.6 Å². The van der Waals surface area contributed by atoms with E-state index in [1.165, 1.54) is 12.1 Å². The van der Waals surface area contributed by atoms with Crippen LogP contribution < -0.4 is 5.32 Å². The van der Waals surface area contributed by atoms with Crippen molar-refractivity contribution in [2.75, 3.05) is 18.5 Å². The Hall–Kier alpha value is -2.39. The summed E-state index contributed by atoms with van der Waals surface area (Å²) in [6.07, 6.45) is -2.33. The third kappa shape index (κ3) is 6.37. The van der Waals surface area contributed by atoms with Gasteiger partial charge in [0.2, 0.25) is 0 Å². The van der Waals surface area contributed by atoms with E-state index in [9.17, 15) is 28.1 Å². The Morgan fingerprint density at radius 2 is 2.05 bits per heavy atom. The van der Waals surface area contributed by atoms with Crippen LogP contribution in [0, 0.1) is 10.1 Å². The monoisotopic (exact) mass is 321 g/mol. The van der Waals surface area contributed by atoms with Gasteiger partial charge in [0.05, 0.1) is 11.5 Å². The van der Waals surface area contributed by atoms with Gasteiger partial charge < -0.3 is 10.1 Å². The number of ether oxygens (including phenoxy) is 1. The number of rotatable bonds is 8. The number of anilines is 1. The highest BCUT2D eigenvalue weighted by atomic mass is 19.4. The zero-order valence-corrected chi connectivity index (χ0v) is 11.4. The summed E-state index contributed by atoms with van der Waals surface area (Å²) in [7, 11) is 0. The van der Waals surface area contributed by atoms with E-state index in [1.807, 2.05) is 0 Å². The molecule has 1 heterocycles. The fourth-order valence-electron chi connectivity index (χ4n) is 1.47. The maximum Gasteiger partial charge on any atom is 0.490 e. The Kier molecular flexibility index (Phi) is 6.54. The van der Waals surface area contributed by atoms with Crippen molar-refractivity contribution in [3.05, 3.63) is 28.4 Å². The minimum absolute atomic E-state index is 0.114. The highest BCUT2D eigenvalue weighted by Gasteiger charge is 2.40. The summed E-state index contributed by atoms with van der Waals surface area (Å²) in [5, 5.41) is 13.3. The number of hydrogen-bond donors (Lipinski definition) is 1. The van der Waals surface area contributed by atoms with Crippen LogP contribution in [0.3, 0.4) is 0 Å². The Balaban J connectivity index is 2.11. The molecule has 0 saturated heterocycles. The molecule has 0 aliphatic rings. The Morgan fingerprint density at radius 3 is 2.59 bits per heavy atom. The van der Waals surface area contributed by atoms with Crippen LogP contribution in [0.4, 0.5) is 24.7 Å². The molecule has 7 nitrogen and oxygen atoms in total. The lowest BCUT2D eigenvalue weighted by Crippen LogP contribution is -2.25. The van der Waals surface area contributed by atoms with Crippen LogP contribution in [0.2, 0.25) is 0 Å². The molecule has 0 saturated carbocycles. The summed E-state index contributed by atoms with van der Waals surface area (Å²) >= 11 is 0. The van der Waals surface area contributed by atoms with E-state index in [4.69, 9.17) is 0 Å². The fraction of sp³-hybridized carbons (Fsp3) is 0.500. The van der Waals surface area contributed by atoms with Crippen molar-refractivity contribution in [2.24, 2.45) is 0 Å². The number of unbranched alkanes of at least 4 members (excludes halogenated alkanes) is 2. The first-order valence-corrected chi connectivity index (χ1v) is 6.39. The van der Waals surface area contributed by atoms with Crippen molar-refractivity contribution in [3.63, 3.8) is 0 Å². The molecule has 0 unspecified atom stereocenters. The topological polar surface area (TPSA) is 94.4 Å². The van der Waals surface area contributed by atoms with Gasteiger partial charge in [0, 0.05) is 12.6 Å². The lowest BCUT2D eigenvalue weighted by molar-refractivity contribution is -0.385. The SMILES string of the molecule is O=C(OCCCCCNc1ccc([N+](=O)[O-])cn1)C(F)(F)F. The van der Waals surface area contributed by atoms with Crippen molar-refractivity contribution in [1.82, 2.24) is 4.98 Å². The zero-order valence-electron chi connectivity index (χ0n) is 11.4. The predicted octanol–water partition coefficient (Wildman–Crippen LogP) is 2.68. The smallest absolute Gasteiger partial charge is 0.459 e. The standard InChI is InChI=1S/C12H14F3N3O4/c13-12(14,15)11(19)22-7-3-1-2-6-16-10-5-4-9(8-17-10)18(20)21/h4-5,8H,1-3,6-7H2,(H,16,17). The zero-order chi connectivity index (χ0) is 16.6. The first kappa shape index (κ1) is 17.7. The molecule has 0 spiro atoms. The molecule has 10 heteroatoms. The van der Waals surface area contributed by atoms with E-state index in [2.05, 4.69) is 15.0 Å². The Labute approximate surface area is 123 Å². The second-order valence-electron chi connectivity index (χ2n) is 4.28. The number of carbonyl (C=O) groups is 1. The second kappa shape index (κ2) is 8.15. The minimum atomic E-state index is -4.96. The molecule has 0 radical (unpaired) electrons. The predicted molar refractivity (Wildman–Crippen MR) is 70.2 cm³/mol. The highest BCUT2D eigenvalue weighted by molar-refractivity contribution is 5.75. The van der Waals surface area contributed by atoms with Crippen molar-refractivity contribution in [2.45, 2.75) is 25.4 Å². The number of nitrogens with zero attached hydrogens (tertiary/aromatic N) is 2. The second-order valence-corrected chi connectivity index (χ2v) is 4.28. The maximum atomic E-state index is 11.8. The fourth-order valence-corrected chi connectivity index (χ4v) is 1.47. The van der Waals surface area contributed by atoms with E-state index >= 15 is 0 Å². The molecule has 0 atom stereocenters. The normalized spacial score (nSPS) is 11.0. The van der Waals surface area contributed by atoms with Gasteiger partial charge in [-0.3, -0.25) is 10.1 Å². The van der Waals surface area contributed by atoms with Crippen LogP contribution in [-0.4, -0.2) is 35.2 Å². The van der Waals surface area contributed by atoms with Crippen LogP contribution in [0.5, 0.6) is 0 Å². The number of aromatic nitrogens is 1. The van der Waals surface area contributed by atoms with E-state index in [0.29, 0.717) is 31.6 Å². The Bertz CT molecular complexity index is 505. The van der Waals surface area contributed by atoms with Crippen LogP contribution in [0.1, 0.15) is 19.3 Å². The van der Waals surface area contributed by atoms with E-state index in [0.717, 1.165) is 6.20 Å². The molecule has 0 bridgehead atoms. The molecule has 122 valence electrons. The summed E-state index contributed by atoms with van der Waals surface area (Å²) < 4.78 is 39.5. The molecule has 0 aromatic carbocycles. The third-order valence-corrected chi connectivity index (χ3v) is 2.55. The summed E-state index contributed by atoms with van der Waals surface area (Å²) in [5.74, 6) is -1.71. The molecule has 1 rings (SSSR count). The summed E-state index contributed by atoms with van der Waals surface area (Å²) in [6, 6.07) is 2.77. The number of pyridine rings is 1. The number of hydrogen-bond acceptors (Lipinski definition) is 6. The molecule has 22 heavy (non-hydrogen) atoms. The number of esters is 1. The van der Waals surface area contributed by atoms with Crippen LogP contribution in [0.15, 0.2) is 18.3 Å². The van der Waals surface area contributed by atoms with E-state index in [1.54, 1.807) is 0 Å². The van der Waals surface area contributed by atoms with Crippen LogP contribution >= 0.6 is 0 Å².